The molecule has 0 bridgehead atoms. The number of fused-ring (bicyclic) bond motifs is 1. The molecule has 1 fully saturated rings. The Labute approximate surface area is 264 Å². The molecule has 0 unspecified atom stereocenters. The predicted molar refractivity (Wildman–Crippen MR) is 181 cm³/mol. The van der Waals surface area contributed by atoms with E-state index >= 15 is 0 Å². The van der Waals surface area contributed by atoms with Crippen LogP contribution in [0.15, 0.2) is 103 Å². The minimum absolute atomic E-state index is 0.177. The lowest BCUT2D eigenvalue weighted by Crippen LogP contribution is -2.29. The van der Waals surface area contributed by atoms with E-state index in [9.17, 15) is 9.59 Å². The maximum absolute atomic E-state index is 13.0. The summed E-state index contributed by atoms with van der Waals surface area (Å²) in [4.78, 5) is 27.5. The highest BCUT2D eigenvalue weighted by Gasteiger charge is 2.16. The van der Waals surface area contributed by atoms with Gasteiger partial charge in [-0.15, -0.1) is 0 Å². The quantitative estimate of drug-likeness (QED) is 0.133. The van der Waals surface area contributed by atoms with Gasteiger partial charge in [-0.2, -0.15) is 0 Å². The van der Waals surface area contributed by atoms with Gasteiger partial charge in [-0.05, 0) is 117 Å². The van der Waals surface area contributed by atoms with Crippen LogP contribution in [-0.2, 0) is 6.54 Å². The van der Waals surface area contributed by atoms with Crippen molar-refractivity contribution in [3.05, 3.63) is 114 Å². The summed E-state index contributed by atoms with van der Waals surface area (Å²) in [7, 11) is 0. The first-order valence-corrected chi connectivity index (χ1v) is 15.7. The summed E-state index contributed by atoms with van der Waals surface area (Å²) in [6.07, 6.45) is 6.76. The van der Waals surface area contributed by atoms with Gasteiger partial charge in [0.05, 0.1) is 5.52 Å². The van der Waals surface area contributed by atoms with Gasteiger partial charge in [0.2, 0.25) is 0 Å². The Balaban J connectivity index is 1.05. The number of nitrogens with zero attached hydrogens (tertiary/aromatic N) is 2. The van der Waals surface area contributed by atoms with Gasteiger partial charge in [0, 0.05) is 47.3 Å². The fourth-order valence-corrected chi connectivity index (χ4v) is 5.65. The third-order valence-electron chi connectivity index (χ3n) is 8.07. The van der Waals surface area contributed by atoms with Crippen LogP contribution in [-0.4, -0.2) is 41.0 Å². The zero-order chi connectivity index (χ0) is 31.0. The maximum atomic E-state index is 13.0. The molecule has 45 heavy (non-hydrogen) atoms. The van der Waals surface area contributed by atoms with Crippen LogP contribution in [0.4, 0.5) is 16.2 Å². The van der Waals surface area contributed by atoms with Crippen molar-refractivity contribution >= 4 is 34.2 Å². The Morgan fingerprint density at radius 2 is 1.42 bits per heavy atom. The number of para-hydroxylation sites is 1. The Morgan fingerprint density at radius 1 is 0.778 bits per heavy atom. The van der Waals surface area contributed by atoms with Gasteiger partial charge in [0.25, 0.3) is 5.91 Å². The lowest BCUT2D eigenvalue weighted by molar-refractivity contribution is 0.102. The number of unbranched alkanes of at least 4 members (excludes halogenated alkanes) is 1. The van der Waals surface area contributed by atoms with Crippen LogP contribution in [0.1, 0.15) is 48.5 Å². The van der Waals surface area contributed by atoms with Gasteiger partial charge in [0.15, 0.2) is 0 Å². The Kier molecular flexibility index (Phi) is 9.41. The minimum Gasteiger partial charge on any atom is -0.457 e. The number of urea groups is 1. The van der Waals surface area contributed by atoms with Crippen LogP contribution in [0, 0.1) is 0 Å². The average Bonchev–Trinajstić information content (AvgIpc) is 3.72. The van der Waals surface area contributed by atoms with Gasteiger partial charge < -0.3 is 25.3 Å². The van der Waals surface area contributed by atoms with Crippen LogP contribution in [0.25, 0.3) is 16.6 Å². The van der Waals surface area contributed by atoms with Gasteiger partial charge in [-0.25, -0.2) is 4.79 Å². The standard InChI is InChI=1S/C37H39N5O3/c1-2-3-22-38-37(44)40-30-14-20-33(21-15-30)45-32-18-12-29(13-19-32)39-36(43)27-10-16-31(17-11-27)42-26-28(25-41-23-6-7-24-41)34-8-4-5-9-35(34)42/h4-5,8-21,26H,2-3,6-7,22-25H2,1H3,(H,39,43)(H2,38,40,44). The van der Waals surface area contributed by atoms with E-state index in [1.54, 1.807) is 24.3 Å². The molecule has 1 aliphatic heterocycles. The van der Waals surface area contributed by atoms with E-state index in [0.717, 1.165) is 38.2 Å². The third-order valence-corrected chi connectivity index (χ3v) is 8.07. The Hall–Kier alpha value is -5.08. The number of carbonyl (C=O) groups is 2. The molecule has 0 atom stereocenters. The average molecular weight is 602 g/mol. The molecule has 8 nitrogen and oxygen atoms in total. The molecule has 3 amide bonds. The molecule has 3 N–H and O–H groups in total. The van der Waals surface area contributed by atoms with Crippen LogP contribution in [0.3, 0.4) is 0 Å². The monoisotopic (exact) mass is 601 g/mol. The van der Waals surface area contributed by atoms with E-state index in [2.05, 4.69) is 62.8 Å². The second kappa shape index (κ2) is 14.1. The molecule has 6 rings (SSSR count). The molecule has 230 valence electrons. The van der Waals surface area contributed by atoms with Crippen molar-refractivity contribution in [1.29, 1.82) is 0 Å². The van der Waals surface area contributed by atoms with Gasteiger partial charge in [0.1, 0.15) is 11.5 Å². The molecule has 1 aromatic heterocycles. The zero-order valence-electron chi connectivity index (χ0n) is 25.6. The summed E-state index contributed by atoms with van der Waals surface area (Å²) >= 11 is 0. The van der Waals surface area contributed by atoms with E-state index in [4.69, 9.17) is 4.74 Å². The number of rotatable bonds is 11. The molecule has 1 saturated heterocycles. The van der Waals surface area contributed by atoms with Crippen LogP contribution in [0.5, 0.6) is 11.5 Å². The van der Waals surface area contributed by atoms with E-state index in [1.807, 2.05) is 48.5 Å². The molecule has 8 heteroatoms. The Bertz CT molecular complexity index is 1740. The second-order valence-corrected chi connectivity index (χ2v) is 11.4. The number of ether oxygens (including phenoxy) is 1. The molecule has 0 aliphatic carbocycles. The molecule has 5 aromatic rings. The number of anilines is 2. The first-order chi connectivity index (χ1) is 22.1. The highest BCUT2D eigenvalue weighted by atomic mass is 16.5. The van der Waals surface area contributed by atoms with Crippen molar-refractivity contribution in [1.82, 2.24) is 14.8 Å². The molecule has 0 spiro atoms. The lowest BCUT2D eigenvalue weighted by atomic mass is 10.1. The summed E-state index contributed by atoms with van der Waals surface area (Å²) < 4.78 is 8.16. The molecule has 0 saturated carbocycles. The van der Waals surface area contributed by atoms with Gasteiger partial charge in [-0.3, -0.25) is 9.69 Å². The van der Waals surface area contributed by atoms with Crippen molar-refractivity contribution in [2.45, 2.75) is 39.2 Å². The lowest BCUT2D eigenvalue weighted by Gasteiger charge is -2.13. The summed E-state index contributed by atoms with van der Waals surface area (Å²) in [5.41, 5.74) is 5.47. The van der Waals surface area contributed by atoms with E-state index < -0.39 is 0 Å². The highest BCUT2D eigenvalue weighted by molar-refractivity contribution is 6.04. The summed E-state index contributed by atoms with van der Waals surface area (Å²) in [6, 6.07) is 30.4. The van der Waals surface area contributed by atoms with Crippen molar-refractivity contribution < 1.29 is 14.3 Å². The van der Waals surface area contributed by atoms with Gasteiger partial charge in [-0.1, -0.05) is 31.5 Å². The van der Waals surface area contributed by atoms with E-state index in [0.29, 0.717) is 35.0 Å². The van der Waals surface area contributed by atoms with Crippen molar-refractivity contribution in [2.24, 2.45) is 0 Å². The number of nitrogens with one attached hydrogen (secondary N) is 3. The molecule has 0 radical (unpaired) electrons. The summed E-state index contributed by atoms with van der Waals surface area (Å²) in [6.45, 7) is 6.01. The number of likely N-dealkylation sites (tertiary alicyclic amines) is 1. The van der Waals surface area contributed by atoms with Crippen LogP contribution < -0.4 is 20.7 Å². The topological polar surface area (TPSA) is 87.6 Å². The predicted octanol–water partition coefficient (Wildman–Crippen LogP) is 8.19. The third kappa shape index (κ3) is 7.53. The molecular weight excluding hydrogens is 562 g/mol. The van der Waals surface area contributed by atoms with E-state index in [1.165, 1.54) is 29.3 Å². The Morgan fingerprint density at radius 3 is 2.09 bits per heavy atom. The van der Waals surface area contributed by atoms with E-state index in [-0.39, 0.29) is 11.9 Å². The highest BCUT2D eigenvalue weighted by Crippen LogP contribution is 2.28. The number of hydrogen-bond donors (Lipinski definition) is 3. The number of benzene rings is 4. The number of amides is 3. The summed E-state index contributed by atoms with van der Waals surface area (Å²) in [5, 5.41) is 9.89. The smallest absolute Gasteiger partial charge is 0.319 e. The van der Waals surface area contributed by atoms with Crippen molar-refractivity contribution in [3.8, 4) is 17.2 Å². The SMILES string of the molecule is CCCCNC(=O)Nc1ccc(Oc2ccc(NC(=O)c3ccc(-n4cc(CN5CCCC5)c5ccccc54)cc3)cc2)cc1. The zero-order valence-corrected chi connectivity index (χ0v) is 25.6. The summed E-state index contributed by atoms with van der Waals surface area (Å²) in [5.74, 6) is 1.10. The number of hydrogen-bond acceptors (Lipinski definition) is 4. The fraction of sp³-hybridized carbons (Fsp3) is 0.243. The van der Waals surface area contributed by atoms with Crippen molar-refractivity contribution in [3.63, 3.8) is 0 Å². The first-order valence-electron chi connectivity index (χ1n) is 15.7. The van der Waals surface area contributed by atoms with Crippen molar-refractivity contribution in [2.75, 3.05) is 30.3 Å². The largest absolute Gasteiger partial charge is 0.457 e. The van der Waals surface area contributed by atoms with Crippen LogP contribution in [0.2, 0.25) is 0 Å². The molecule has 1 aliphatic rings. The fourth-order valence-electron chi connectivity index (χ4n) is 5.65. The normalized spacial score (nSPS) is 13.1. The molecule has 4 aromatic carbocycles. The molecule has 2 heterocycles. The minimum atomic E-state index is -0.220. The maximum Gasteiger partial charge on any atom is 0.319 e. The first kappa shape index (κ1) is 30.0. The number of carbonyl (C=O) groups excluding carboxylic acids is 2. The number of aromatic nitrogens is 1. The van der Waals surface area contributed by atoms with Crippen LogP contribution >= 0.6 is 0 Å². The van der Waals surface area contributed by atoms with Gasteiger partial charge >= 0.3 is 6.03 Å². The second-order valence-electron chi connectivity index (χ2n) is 11.4. The molecular formula is C37H39N5O3.